The Morgan fingerprint density at radius 3 is 2.60 bits per heavy atom. The summed E-state index contributed by atoms with van der Waals surface area (Å²) in [5.74, 6) is -0.461. The highest BCUT2D eigenvalue weighted by Crippen LogP contribution is 2.37. The summed E-state index contributed by atoms with van der Waals surface area (Å²) in [6, 6.07) is 2.38. The molecular formula is C9H5BrF3NO. The van der Waals surface area contributed by atoms with Gasteiger partial charge in [0.05, 0.1) is 5.56 Å². The van der Waals surface area contributed by atoms with Crippen LogP contribution < -0.4 is 5.32 Å². The standard InChI is InChI=1S/C9H5BrF3NO/c10-4-1-5-6(3-14-8(5)15)7(2-4)9(11,12)13/h1-2H,3H2,(H,14,15). The molecule has 0 fully saturated rings. The van der Waals surface area contributed by atoms with Crippen LogP contribution >= 0.6 is 15.9 Å². The molecule has 1 amide bonds. The van der Waals surface area contributed by atoms with Crippen LogP contribution in [0, 0.1) is 0 Å². The summed E-state index contributed by atoms with van der Waals surface area (Å²) in [7, 11) is 0. The number of hydrogen-bond acceptors (Lipinski definition) is 1. The van der Waals surface area contributed by atoms with Crippen molar-refractivity contribution in [3.8, 4) is 0 Å². The Labute approximate surface area is 91.6 Å². The van der Waals surface area contributed by atoms with Crippen molar-refractivity contribution in [2.75, 3.05) is 0 Å². The van der Waals surface area contributed by atoms with Crippen molar-refractivity contribution in [2.24, 2.45) is 0 Å². The lowest BCUT2D eigenvalue weighted by Crippen LogP contribution is -2.12. The number of alkyl halides is 3. The number of halogens is 4. The summed E-state index contributed by atoms with van der Waals surface area (Å²) in [5, 5.41) is 2.36. The van der Waals surface area contributed by atoms with Gasteiger partial charge in [-0.15, -0.1) is 0 Å². The number of carbonyl (C=O) groups excluding carboxylic acids is 1. The number of hydrogen-bond donors (Lipinski definition) is 1. The van der Waals surface area contributed by atoms with Gasteiger partial charge in [0.2, 0.25) is 0 Å². The maximum Gasteiger partial charge on any atom is 0.416 e. The molecule has 1 aliphatic rings. The number of fused-ring (bicyclic) bond motifs is 1. The zero-order valence-electron chi connectivity index (χ0n) is 7.28. The van der Waals surface area contributed by atoms with Gasteiger partial charge < -0.3 is 5.32 Å². The van der Waals surface area contributed by atoms with Gasteiger partial charge in [-0.2, -0.15) is 13.2 Å². The Hall–Kier alpha value is -1.04. The highest BCUT2D eigenvalue weighted by molar-refractivity contribution is 9.10. The molecule has 2 rings (SSSR count). The summed E-state index contributed by atoms with van der Waals surface area (Å²) in [5.41, 5.74) is -0.641. The van der Waals surface area contributed by atoms with Crippen LogP contribution in [-0.2, 0) is 12.7 Å². The molecule has 2 nitrogen and oxygen atoms in total. The molecule has 1 aliphatic heterocycles. The van der Waals surface area contributed by atoms with Crippen LogP contribution in [0.15, 0.2) is 16.6 Å². The smallest absolute Gasteiger partial charge is 0.348 e. The van der Waals surface area contributed by atoms with Crippen LogP contribution in [-0.4, -0.2) is 5.91 Å². The van der Waals surface area contributed by atoms with E-state index in [1.165, 1.54) is 6.07 Å². The van der Waals surface area contributed by atoms with Crippen LogP contribution in [0.5, 0.6) is 0 Å². The van der Waals surface area contributed by atoms with E-state index in [0.717, 1.165) is 6.07 Å². The highest BCUT2D eigenvalue weighted by Gasteiger charge is 2.37. The summed E-state index contributed by atoms with van der Waals surface area (Å²) < 4.78 is 38.0. The minimum Gasteiger partial charge on any atom is -0.348 e. The molecular weight excluding hydrogens is 275 g/mol. The fraction of sp³-hybridized carbons (Fsp3) is 0.222. The molecule has 0 aliphatic carbocycles. The number of benzene rings is 1. The van der Waals surface area contributed by atoms with E-state index >= 15 is 0 Å². The first-order valence-corrected chi connectivity index (χ1v) is 4.86. The number of nitrogens with one attached hydrogen (secondary N) is 1. The first-order valence-electron chi connectivity index (χ1n) is 4.07. The van der Waals surface area contributed by atoms with Gasteiger partial charge >= 0.3 is 6.18 Å². The number of carbonyl (C=O) groups is 1. The quantitative estimate of drug-likeness (QED) is 0.777. The molecule has 0 unspecified atom stereocenters. The fourth-order valence-corrected chi connectivity index (χ4v) is 2.00. The summed E-state index contributed by atoms with van der Waals surface area (Å²) in [4.78, 5) is 11.2. The van der Waals surface area contributed by atoms with Gasteiger partial charge in [0, 0.05) is 16.6 Å². The van der Waals surface area contributed by atoms with E-state index in [1.807, 2.05) is 0 Å². The molecule has 80 valence electrons. The van der Waals surface area contributed by atoms with E-state index in [9.17, 15) is 18.0 Å². The SMILES string of the molecule is O=C1NCc2c1cc(Br)cc2C(F)(F)F. The van der Waals surface area contributed by atoms with Crippen molar-refractivity contribution < 1.29 is 18.0 Å². The van der Waals surface area contributed by atoms with Gasteiger partial charge in [-0.1, -0.05) is 15.9 Å². The Kier molecular flexibility index (Phi) is 2.26. The Morgan fingerprint density at radius 2 is 2.00 bits per heavy atom. The average Bonchev–Trinajstić information content (AvgIpc) is 2.45. The summed E-state index contributed by atoms with van der Waals surface area (Å²) in [6.07, 6.45) is -4.43. The lowest BCUT2D eigenvalue weighted by atomic mass is 10.0. The van der Waals surface area contributed by atoms with E-state index in [-0.39, 0.29) is 22.1 Å². The maximum atomic E-state index is 12.6. The van der Waals surface area contributed by atoms with Crippen molar-refractivity contribution in [1.82, 2.24) is 5.32 Å². The Bertz CT molecular complexity index is 442. The van der Waals surface area contributed by atoms with Crippen molar-refractivity contribution in [3.63, 3.8) is 0 Å². The summed E-state index contributed by atoms with van der Waals surface area (Å²) in [6.45, 7) is -0.0592. The third-order valence-electron chi connectivity index (χ3n) is 2.19. The van der Waals surface area contributed by atoms with Crippen LogP contribution in [0.1, 0.15) is 21.5 Å². The second kappa shape index (κ2) is 3.23. The molecule has 0 atom stereocenters. The van der Waals surface area contributed by atoms with Gasteiger partial charge in [-0.25, -0.2) is 0 Å². The van der Waals surface area contributed by atoms with Crippen molar-refractivity contribution in [2.45, 2.75) is 12.7 Å². The fourth-order valence-electron chi connectivity index (χ4n) is 1.55. The third-order valence-corrected chi connectivity index (χ3v) is 2.65. The monoisotopic (exact) mass is 279 g/mol. The second-order valence-corrected chi connectivity index (χ2v) is 4.08. The third kappa shape index (κ3) is 1.73. The van der Waals surface area contributed by atoms with Crippen LogP contribution in [0.25, 0.3) is 0 Å². The van der Waals surface area contributed by atoms with Gasteiger partial charge in [0.15, 0.2) is 0 Å². The van der Waals surface area contributed by atoms with E-state index in [0.29, 0.717) is 0 Å². The first-order chi connectivity index (χ1) is 6.89. The highest BCUT2D eigenvalue weighted by atomic mass is 79.9. The largest absolute Gasteiger partial charge is 0.416 e. The van der Waals surface area contributed by atoms with Crippen LogP contribution in [0.3, 0.4) is 0 Å². The maximum absolute atomic E-state index is 12.6. The van der Waals surface area contributed by atoms with Crippen LogP contribution in [0.2, 0.25) is 0 Å². The summed E-state index contributed by atoms with van der Waals surface area (Å²) >= 11 is 2.96. The van der Waals surface area contributed by atoms with Gasteiger partial charge in [-0.05, 0) is 17.7 Å². The predicted molar refractivity (Wildman–Crippen MR) is 50.3 cm³/mol. The van der Waals surface area contributed by atoms with Crippen molar-refractivity contribution >= 4 is 21.8 Å². The number of rotatable bonds is 0. The topological polar surface area (TPSA) is 29.1 Å². The molecule has 1 aromatic rings. The van der Waals surface area contributed by atoms with Crippen LogP contribution in [0.4, 0.5) is 13.2 Å². The molecule has 0 radical (unpaired) electrons. The van der Waals surface area contributed by atoms with E-state index in [2.05, 4.69) is 21.2 Å². The molecule has 15 heavy (non-hydrogen) atoms. The van der Waals surface area contributed by atoms with E-state index in [4.69, 9.17) is 0 Å². The molecule has 6 heteroatoms. The lowest BCUT2D eigenvalue weighted by Gasteiger charge is -2.11. The van der Waals surface area contributed by atoms with E-state index in [1.54, 1.807) is 0 Å². The molecule has 0 saturated heterocycles. The molecule has 1 N–H and O–H groups in total. The molecule has 0 saturated carbocycles. The second-order valence-electron chi connectivity index (χ2n) is 3.16. The minimum absolute atomic E-state index is 0.0238. The van der Waals surface area contributed by atoms with Gasteiger partial charge in [-0.3, -0.25) is 4.79 Å². The minimum atomic E-state index is -4.43. The zero-order chi connectivity index (χ0) is 11.2. The zero-order valence-corrected chi connectivity index (χ0v) is 8.87. The Morgan fingerprint density at radius 1 is 1.33 bits per heavy atom. The molecule has 0 spiro atoms. The lowest BCUT2D eigenvalue weighted by molar-refractivity contribution is -0.138. The first kappa shape index (κ1) is 10.5. The van der Waals surface area contributed by atoms with E-state index < -0.39 is 17.6 Å². The molecule has 1 aromatic carbocycles. The molecule has 1 heterocycles. The molecule has 0 aromatic heterocycles. The normalized spacial score (nSPS) is 15.1. The Balaban J connectivity index is 2.67. The van der Waals surface area contributed by atoms with Gasteiger partial charge in [0.1, 0.15) is 0 Å². The van der Waals surface area contributed by atoms with Crippen molar-refractivity contribution in [3.05, 3.63) is 33.3 Å². The predicted octanol–water partition coefficient (Wildman–Crippen LogP) is 2.71. The van der Waals surface area contributed by atoms with Crippen molar-refractivity contribution in [1.29, 1.82) is 0 Å². The van der Waals surface area contributed by atoms with Gasteiger partial charge in [0.25, 0.3) is 5.91 Å². The number of amides is 1. The average molecular weight is 280 g/mol. The molecule has 0 bridgehead atoms.